The maximum Gasteiger partial charge on any atom is 0.346 e. The van der Waals surface area contributed by atoms with Gasteiger partial charge in [0, 0.05) is 62.0 Å². The zero-order valence-electron chi connectivity index (χ0n) is 41.3. The third-order valence-electron chi connectivity index (χ3n) is 13.1. The molecule has 0 radical (unpaired) electrons. The van der Waals surface area contributed by atoms with E-state index in [1.807, 2.05) is 58.0 Å². The molecule has 2 aliphatic heterocycles. The molecule has 1 aromatic heterocycles. The number of nitro groups is 2. The van der Waals surface area contributed by atoms with Crippen LogP contribution in [-0.2, 0) is 67.2 Å². The van der Waals surface area contributed by atoms with E-state index < -0.39 is 94.8 Å². The zero-order valence-corrected chi connectivity index (χ0v) is 42.1. The van der Waals surface area contributed by atoms with Gasteiger partial charge in [-0.2, -0.15) is 0 Å². The maximum absolute atomic E-state index is 15.4. The number of aliphatic hydroxyl groups is 2. The smallest absolute Gasteiger partial charge is 0.346 e. The average Bonchev–Trinajstić information content (AvgIpc) is 3.94. The monoisotopic (exact) mass is 1030 g/mol. The molecule has 20 nitrogen and oxygen atoms in total. The van der Waals surface area contributed by atoms with E-state index in [0.29, 0.717) is 24.3 Å². The standard InChI is InChI=1S/C52H60N4O16S/c1-8-31(2)26-32(3)14-23-42(58)70-46-44(59)50(25-24-33(4)43(69-35(6)57)34(5)27-36-12-10-9-11-13-36)71-45(41-30-73-49(53-7)54-41)51(62,47(60)67-28-37-15-19-39(20-16-37)55(63)64)52(46,72-50)48(61)68-29-38-17-21-40(22-18-38)56(65)66/h9-23,30-32,34,43-46,59,62H,4,8,24-29H2,1-3,5-7H3,(H,53,54)/b23-14+/t31-,32+,34+,43+,44+,45?,46+,50-,51+,52-/m0/s1. The van der Waals surface area contributed by atoms with Gasteiger partial charge in [0.05, 0.1) is 15.5 Å². The van der Waals surface area contributed by atoms with E-state index in [2.05, 4.69) is 16.9 Å². The molecule has 2 fully saturated rings. The van der Waals surface area contributed by atoms with Crippen molar-refractivity contribution in [3.05, 3.63) is 151 Å². The summed E-state index contributed by atoms with van der Waals surface area (Å²) >= 11 is 1.02. The van der Waals surface area contributed by atoms with Gasteiger partial charge in [0.15, 0.2) is 11.2 Å². The molecule has 0 spiro atoms. The number of nitrogens with zero attached hydrogens (tertiary/aromatic N) is 3. The van der Waals surface area contributed by atoms with Crippen LogP contribution in [0.15, 0.2) is 109 Å². The minimum absolute atomic E-state index is 0.149. The summed E-state index contributed by atoms with van der Waals surface area (Å²) in [5.41, 5.74) is -5.78. The first-order valence-electron chi connectivity index (χ1n) is 23.7. The summed E-state index contributed by atoms with van der Waals surface area (Å²) in [6.07, 6.45) is -3.48. The second-order valence-electron chi connectivity index (χ2n) is 18.5. The van der Waals surface area contributed by atoms with Crippen molar-refractivity contribution in [2.24, 2.45) is 17.8 Å². The first kappa shape index (κ1) is 55.4. The van der Waals surface area contributed by atoms with Gasteiger partial charge in [-0.3, -0.25) is 25.0 Å². The van der Waals surface area contributed by atoms with Crippen LogP contribution in [0, 0.1) is 38.0 Å². The van der Waals surface area contributed by atoms with Crippen molar-refractivity contribution in [1.29, 1.82) is 0 Å². The quantitative estimate of drug-likeness (QED) is 0.0151. The van der Waals surface area contributed by atoms with Gasteiger partial charge >= 0.3 is 23.9 Å². The first-order valence-corrected chi connectivity index (χ1v) is 24.6. The summed E-state index contributed by atoms with van der Waals surface area (Å²) in [6.45, 7) is 12.0. The molecule has 2 bridgehead atoms. The summed E-state index contributed by atoms with van der Waals surface area (Å²) < 4.78 is 36.7. The Hall–Kier alpha value is -6.91. The van der Waals surface area contributed by atoms with Crippen molar-refractivity contribution >= 4 is 51.7 Å². The number of benzene rings is 3. The van der Waals surface area contributed by atoms with Gasteiger partial charge in [-0.15, -0.1) is 11.3 Å². The molecule has 4 aromatic rings. The summed E-state index contributed by atoms with van der Waals surface area (Å²) in [6, 6.07) is 19.3. The van der Waals surface area contributed by atoms with Gasteiger partial charge in [-0.1, -0.05) is 77.1 Å². The number of hydrogen-bond acceptors (Lipinski definition) is 19. The number of aliphatic hydroxyl groups excluding tert-OH is 1. The van der Waals surface area contributed by atoms with Gasteiger partial charge in [-0.25, -0.2) is 19.4 Å². The Labute approximate surface area is 425 Å². The summed E-state index contributed by atoms with van der Waals surface area (Å²) in [7, 11) is 1.56. The Kier molecular flexibility index (Phi) is 18.0. The number of allylic oxidation sites excluding steroid dienone is 1. The van der Waals surface area contributed by atoms with Crippen LogP contribution < -0.4 is 5.32 Å². The van der Waals surface area contributed by atoms with E-state index in [-0.39, 0.29) is 51.6 Å². The predicted molar refractivity (Wildman–Crippen MR) is 264 cm³/mol. The highest BCUT2D eigenvalue weighted by molar-refractivity contribution is 7.13. The number of carbonyl (C=O) groups is 4. The number of rotatable bonds is 24. The molecule has 6 rings (SSSR count). The molecule has 3 heterocycles. The van der Waals surface area contributed by atoms with E-state index >= 15 is 9.59 Å². The number of hydrogen-bond donors (Lipinski definition) is 3. The lowest BCUT2D eigenvalue weighted by Gasteiger charge is -2.50. The number of anilines is 1. The van der Waals surface area contributed by atoms with Gasteiger partial charge in [-0.05, 0) is 77.6 Å². The van der Waals surface area contributed by atoms with Crippen LogP contribution in [0.2, 0.25) is 0 Å². The minimum Gasteiger partial charge on any atom is -0.459 e. The van der Waals surface area contributed by atoms with Crippen molar-refractivity contribution in [3.8, 4) is 0 Å². The minimum atomic E-state index is -3.47. The molecule has 3 aromatic carbocycles. The summed E-state index contributed by atoms with van der Waals surface area (Å²) in [5.74, 6) is -7.60. The highest BCUT2D eigenvalue weighted by atomic mass is 32.1. The number of thiazole rings is 1. The molecular weight excluding hydrogens is 969 g/mol. The molecular formula is C52H60N4O16S. The lowest BCUT2D eigenvalue weighted by Crippen LogP contribution is -2.74. The molecule has 0 aliphatic carbocycles. The van der Waals surface area contributed by atoms with E-state index in [4.69, 9.17) is 28.4 Å². The SMILES string of the molecule is C=C(CC[C@]12OC(c3csc(NC)n3)[C@@](O)(C(=O)OCc3ccc([N+](=O)[O-])cc3)[C@](C(=O)OCc3ccc([N+](=O)[O-])cc3)(O1)[C@H](OC(=O)/C=C/[C@@H](C)C[C@@H](C)CC)[C@H]2O)[C@@H](OC(C)=O)[C@H](C)Cc1ccccc1. The molecule has 2 saturated heterocycles. The van der Waals surface area contributed by atoms with Gasteiger partial charge in [0.2, 0.25) is 17.0 Å². The highest BCUT2D eigenvalue weighted by Crippen LogP contribution is 2.60. The molecule has 3 N–H and O–H groups in total. The van der Waals surface area contributed by atoms with Crippen LogP contribution in [0.25, 0.3) is 0 Å². The second-order valence-corrected chi connectivity index (χ2v) is 19.3. The molecule has 0 amide bonds. The van der Waals surface area contributed by atoms with Crippen LogP contribution in [-0.4, -0.2) is 91.3 Å². The van der Waals surface area contributed by atoms with E-state index in [1.54, 1.807) is 13.1 Å². The van der Waals surface area contributed by atoms with E-state index in [9.17, 15) is 40.0 Å². The fourth-order valence-corrected chi connectivity index (χ4v) is 9.75. The molecule has 10 atom stereocenters. The normalized spacial score (nSPS) is 23.9. The second kappa shape index (κ2) is 23.8. The Morgan fingerprint density at radius 2 is 1.51 bits per heavy atom. The molecule has 1 unspecified atom stereocenters. The van der Waals surface area contributed by atoms with Crippen LogP contribution in [0.5, 0.6) is 0 Å². The number of non-ortho nitro benzene ring substituents is 2. The third kappa shape index (κ3) is 12.3. The van der Waals surface area contributed by atoms with Crippen molar-refractivity contribution < 1.29 is 67.7 Å². The fourth-order valence-electron chi connectivity index (χ4n) is 9.07. The maximum atomic E-state index is 15.4. The van der Waals surface area contributed by atoms with Gasteiger partial charge in [0.25, 0.3) is 11.4 Å². The van der Waals surface area contributed by atoms with Crippen molar-refractivity contribution in [3.63, 3.8) is 0 Å². The predicted octanol–water partition coefficient (Wildman–Crippen LogP) is 7.80. The lowest BCUT2D eigenvalue weighted by molar-refractivity contribution is -0.385. The largest absolute Gasteiger partial charge is 0.459 e. The number of ether oxygens (including phenoxy) is 6. The Morgan fingerprint density at radius 1 is 0.918 bits per heavy atom. The first-order chi connectivity index (χ1) is 34.7. The molecule has 2 aliphatic rings. The Morgan fingerprint density at radius 3 is 2.04 bits per heavy atom. The summed E-state index contributed by atoms with van der Waals surface area (Å²) in [4.78, 5) is 83.4. The zero-order chi connectivity index (χ0) is 53.3. The molecule has 0 saturated carbocycles. The Bertz CT molecular complexity index is 2660. The molecule has 73 heavy (non-hydrogen) atoms. The molecule has 21 heteroatoms. The lowest BCUT2D eigenvalue weighted by atomic mass is 9.73. The fraction of sp³-hybridized carbons (Fsp3) is 0.442. The van der Waals surface area contributed by atoms with Crippen molar-refractivity contribution in [1.82, 2.24) is 4.98 Å². The Balaban J connectivity index is 1.50. The van der Waals surface area contributed by atoms with E-state index in [1.165, 1.54) is 36.6 Å². The molecule has 390 valence electrons. The van der Waals surface area contributed by atoms with Crippen molar-refractivity contribution in [2.45, 2.75) is 121 Å². The van der Waals surface area contributed by atoms with E-state index in [0.717, 1.165) is 53.7 Å². The number of aromatic nitrogens is 1. The number of carbonyl (C=O) groups excluding carboxylic acids is 4. The van der Waals surface area contributed by atoms with Crippen LogP contribution in [0.1, 0.15) is 88.8 Å². The van der Waals surface area contributed by atoms with Crippen LogP contribution in [0.3, 0.4) is 0 Å². The number of nitrogens with one attached hydrogen (secondary N) is 1. The number of esters is 4. The highest BCUT2D eigenvalue weighted by Gasteiger charge is 2.85. The van der Waals surface area contributed by atoms with Crippen LogP contribution >= 0.6 is 11.3 Å². The number of fused-ring (bicyclic) bond motifs is 2. The topological polar surface area (TPSA) is 275 Å². The van der Waals surface area contributed by atoms with Gasteiger partial charge < -0.3 is 44.0 Å². The number of nitro benzene ring substituents is 2. The average molecular weight is 1030 g/mol. The third-order valence-corrected chi connectivity index (χ3v) is 13.9. The van der Waals surface area contributed by atoms with Crippen LogP contribution in [0.4, 0.5) is 16.5 Å². The summed E-state index contributed by atoms with van der Waals surface area (Å²) in [5, 5.41) is 53.7. The van der Waals surface area contributed by atoms with Crippen molar-refractivity contribution in [2.75, 3.05) is 12.4 Å². The van der Waals surface area contributed by atoms with Gasteiger partial charge in [0.1, 0.15) is 31.5 Å².